The molecule has 1 aliphatic carbocycles. The van der Waals surface area contributed by atoms with Crippen molar-refractivity contribution in [3.63, 3.8) is 0 Å². The van der Waals surface area contributed by atoms with Crippen molar-refractivity contribution < 1.29 is 0 Å². The van der Waals surface area contributed by atoms with E-state index in [1.165, 1.54) is 5.57 Å². The van der Waals surface area contributed by atoms with Crippen molar-refractivity contribution >= 4 is 12.6 Å². The van der Waals surface area contributed by atoms with Gasteiger partial charge in [-0.3, -0.25) is 0 Å². The Morgan fingerprint density at radius 2 is 2.21 bits per heavy atom. The van der Waals surface area contributed by atoms with Crippen LogP contribution in [0.25, 0.3) is 0 Å². The molecule has 0 fully saturated rings. The molecule has 14 heavy (non-hydrogen) atoms. The van der Waals surface area contributed by atoms with Crippen LogP contribution in [0.2, 0.25) is 0 Å². The Hall–Kier alpha value is -0.870. The molecule has 0 aromatic carbocycles. The van der Waals surface area contributed by atoms with Crippen molar-refractivity contribution in [3.05, 3.63) is 45.7 Å². The normalized spacial score (nSPS) is 15.9. The lowest BCUT2D eigenvalue weighted by atomic mass is 10.0. The lowest BCUT2D eigenvalue weighted by Crippen LogP contribution is -1.91. The van der Waals surface area contributed by atoms with Crippen molar-refractivity contribution in [1.29, 1.82) is 0 Å². The third kappa shape index (κ3) is 3.12. The molecule has 0 saturated heterocycles. The number of thiol groups is 1. The van der Waals surface area contributed by atoms with Crippen LogP contribution in [0.15, 0.2) is 45.7 Å². The van der Waals surface area contributed by atoms with Gasteiger partial charge in [-0.15, -0.1) is 12.6 Å². The summed E-state index contributed by atoms with van der Waals surface area (Å²) in [7, 11) is 0. The third-order valence-corrected chi connectivity index (χ3v) is 2.61. The minimum absolute atomic E-state index is 0.644. The van der Waals surface area contributed by atoms with Gasteiger partial charge in [0, 0.05) is 5.57 Å². The zero-order chi connectivity index (χ0) is 10.6. The summed E-state index contributed by atoms with van der Waals surface area (Å²) in [6, 6.07) is 0. The maximum Gasteiger partial charge on any atom is 0.0286 e. The van der Waals surface area contributed by atoms with Gasteiger partial charge in [0.05, 0.1) is 0 Å². The summed E-state index contributed by atoms with van der Waals surface area (Å²) < 4.78 is 0. The number of hydrogen-bond donors (Lipinski definition) is 1. The minimum atomic E-state index is 0.644. The summed E-state index contributed by atoms with van der Waals surface area (Å²) in [5, 5.41) is 0. The van der Waals surface area contributed by atoms with Gasteiger partial charge in [0.1, 0.15) is 0 Å². The average Bonchev–Trinajstić information content (AvgIpc) is 2.17. The highest BCUT2D eigenvalue weighted by Crippen LogP contribution is 2.23. The van der Waals surface area contributed by atoms with Gasteiger partial charge in [-0.2, -0.15) is 0 Å². The topological polar surface area (TPSA) is 0 Å². The Morgan fingerprint density at radius 1 is 1.50 bits per heavy atom. The lowest BCUT2D eigenvalue weighted by molar-refractivity contribution is 0.657. The second-order valence-electron chi connectivity index (χ2n) is 3.88. The molecule has 74 valence electrons. The Morgan fingerprint density at radius 3 is 2.71 bits per heavy atom. The summed E-state index contributed by atoms with van der Waals surface area (Å²) >= 11 is 4.52. The second kappa shape index (κ2) is 5.12. The van der Waals surface area contributed by atoms with Crippen molar-refractivity contribution in [2.24, 2.45) is 5.92 Å². The summed E-state index contributed by atoms with van der Waals surface area (Å²) in [5.41, 5.74) is 8.35. The Labute approximate surface area is 91.8 Å². The van der Waals surface area contributed by atoms with E-state index in [1.807, 2.05) is 18.2 Å². The van der Waals surface area contributed by atoms with Gasteiger partial charge >= 0.3 is 0 Å². The van der Waals surface area contributed by atoms with Gasteiger partial charge in [-0.05, 0) is 41.9 Å². The molecule has 0 heterocycles. The van der Waals surface area contributed by atoms with E-state index in [0.29, 0.717) is 5.92 Å². The fourth-order valence-corrected chi connectivity index (χ4v) is 1.75. The molecule has 1 rings (SSSR count). The standard InChI is InChI=1S/C13H16S/c1-10(2)9-13(14)11(3)12-7-5-4-6-8-12/h4-5,7,10,14H,9H2,1-3H3/b13-11+. The minimum Gasteiger partial charge on any atom is -0.148 e. The summed E-state index contributed by atoms with van der Waals surface area (Å²) in [5.74, 6) is 0.644. The third-order valence-electron chi connectivity index (χ3n) is 2.09. The van der Waals surface area contributed by atoms with E-state index < -0.39 is 0 Å². The molecular formula is C13H16S. The fraction of sp³-hybridized carbons (Fsp3) is 0.385. The molecule has 0 aliphatic heterocycles. The quantitative estimate of drug-likeness (QED) is 0.520. The van der Waals surface area contributed by atoms with Crippen molar-refractivity contribution in [2.75, 3.05) is 0 Å². The maximum absolute atomic E-state index is 4.52. The molecule has 0 saturated carbocycles. The van der Waals surface area contributed by atoms with E-state index in [1.54, 1.807) is 0 Å². The summed E-state index contributed by atoms with van der Waals surface area (Å²) in [6.45, 7) is 6.49. The van der Waals surface area contributed by atoms with E-state index in [0.717, 1.165) is 16.9 Å². The van der Waals surface area contributed by atoms with Gasteiger partial charge in [-0.25, -0.2) is 0 Å². The Bertz CT molecular complexity index is 368. The van der Waals surface area contributed by atoms with E-state index in [9.17, 15) is 0 Å². The molecule has 1 aliphatic rings. The number of hydrogen-bond acceptors (Lipinski definition) is 1. The smallest absolute Gasteiger partial charge is 0.0286 e. The fourth-order valence-electron chi connectivity index (χ4n) is 1.27. The van der Waals surface area contributed by atoms with Crippen molar-refractivity contribution in [1.82, 2.24) is 0 Å². The molecule has 0 bridgehead atoms. The SMILES string of the molecule is C/C(C1=C=C=CC=C1)=C(\S)CC(C)C. The van der Waals surface area contributed by atoms with E-state index >= 15 is 0 Å². The predicted molar refractivity (Wildman–Crippen MR) is 65.4 cm³/mol. The largest absolute Gasteiger partial charge is 0.148 e. The van der Waals surface area contributed by atoms with Crippen LogP contribution in [0, 0.1) is 5.92 Å². The highest BCUT2D eigenvalue weighted by Gasteiger charge is 2.04. The first-order valence-electron chi connectivity index (χ1n) is 4.88. The van der Waals surface area contributed by atoms with Crippen LogP contribution in [-0.4, -0.2) is 0 Å². The molecule has 0 atom stereocenters. The zero-order valence-corrected chi connectivity index (χ0v) is 9.86. The van der Waals surface area contributed by atoms with Crippen LogP contribution < -0.4 is 0 Å². The molecule has 0 radical (unpaired) electrons. The van der Waals surface area contributed by atoms with Crippen LogP contribution in [0.5, 0.6) is 0 Å². The van der Waals surface area contributed by atoms with Gasteiger partial charge < -0.3 is 0 Å². The van der Waals surface area contributed by atoms with Gasteiger partial charge in [-0.1, -0.05) is 31.4 Å². The first-order valence-corrected chi connectivity index (χ1v) is 5.33. The van der Waals surface area contributed by atoms with Gasteiger partial charge in [0.2, 0.25) is 0 Å². The second-order valence-corrected chi connectivity index (χ2v) is 4.42. The summed E-state index contributed by atoms with van der Waals surface area (Å²) in [6.07, 6.45) is 6.91. The van der Waals surface area contributed by atoms with Crippen LogP contribution in [0.1, 0.15) is 27.2 Å². The van der Waals surface area contributed by atoms with Crippen molar-refractivity contribution in [2.45, 2.75) is 27.2 Å². The highest BCUT2D eigenvalue weighted by atomic mass is 32.1. The highest BCUT2D eigenvalue weighted by molar-refractivity contribution is 7.84. The van der Waals surface area contributed by atoms with E-state index in [-0.39, 0.29) is 0 Å². The molecule has 0 unspecified atom stereocenters. The Kier molecular flexibility index (Phi) is 4.10. The van der Waals surface area contributed by atoms with Crippen LogP contribution in [0.4, 0.5) is 0 Å². The number of allylic oxidation sites excluding steroid dienone is 6. The lowest BCUT2D eigenvalue weighted by Gasteiger charge is -2.09. The molecular weight excluding hydrogens is 188 g/mol. The van der Waals surface area contributed by atoms with Gasteiger partial charge in [0.25, 0.3) is 0 Å². The summed E-state index contributed by atoms with van der Waals surface area (Å²) in [4.78, 5) is 1.15. The first kappa shape index (κ1) is 11.2. The molecule has 0 spiro atoms. The molecule has 0 N–H and O–H groups in total. The molecule has 0 amide bonds. The van der Waals surface area contributed by atoms with E-state index in [2.05, 4.69) is 44.9 Å². The molecule has 0 aromatic rings. The average molecular weight is 204 g/mol. The van der Waals surface area contributed by atoms with Crippen LogP contribution in [0.3, 0.4) is 0 Å². The first-order chi connectivity index (χ1) is 6.61. The molecule has 1 heteroatoms. The molecule has 0 nitrogen and oxygen atoms in total. The van der Waals surface area contributed by atoms with Gasteiger partial charge in [0.15, 0.2) is 0 Å². The Balaban J connectivity index is 2.93. The van der Waals surface area contributed by atoms with Crippen molar-refractivity contribution in [3.8, 4) is 0 Å². The monoisotopic (exact) mass is 204 g/mol. The van der Waals surface area contributed by atoms with Crippen LogP contribution in [-0.2, 0) is 0 Å². The van der Waals surface area contributed by atoms with Crippen LogP contribution >= 0.6 is 12.6 Å². The zero-order valence-electron chi connectivity index (χ0n) is 8.96. The predicted octanol–water partition coefficient (Wildman–Crippen LogP) is 4.04. The maximum atomic E-state index is 4.52. The van der Waals surface area contributed by atoms with E-state index in [4.69, 9.17) is 0 Å². The molecule has 0 aromatic heterocycles. The number of rotatable bonds is 3.